The molecule has 1 heterocycles. The van der Waals surface area contributed by atoms with Crippen LogP contribution in [0.5, 0.6) is 0 Å². The Bertz CT molecular complexity index is 742. The Labute approximate surface area is 139 Å². The molecule has 0 aliphatic heterocycles. The average molecular weight is 326 g/mol. The number of hydrogen-bond acceptors (Lipinski definition) is 4. The van der Waals surface area contributed by atoms with Crippen LogP contribution in [0.2, 0.25) is 0 Å². The highest BCUT2D eigenvalue weighted by Gasteiger charge is 2.08. The molecular formula is C18H18N2O4. The first-order valence-corrected chi connectivity index (χ1v) is 7.37. The summed E-state index contributed by atoms with van der Waals surface area (Å²) in [6, 6.07) is 11.1. The number of carbonyl (C=O) groups is 2. The molecule has 0 fully saturated rings. The lowest BCUT2D eigenvalue weighted by atomic mass is 10.1. The van der Waals surface area contributed by atoms with Crippen molar-refractivity contribution in [1.29, 1.82) is 0 Å². The second-order valence-corrected chi connectivity index (χ2v) is 5.08. The average Bonchev–Trinajstić information content (AvgIpc) is 2.57. The number of alkyl carbamates (subject to hydrolysis) is 1. The Morgan fingerprint density at radius 3 is 2.71 bits per heavy atom. The molecule has 0 radical (unpaired) electrons. The van der Waals surface area contributed by atoms with Gasteiger partial charge in [-0.15, -0.1) is 0 Å². The summed E-state index contributed by atoms with van der Waals surface area (Å²) >= 11 is 0. The lowest BCUT2D eigenvalue weighted by Crippen LogP contribution is -2.24. The van der Waals surface area contributed by atoms with Gasteiger partial charge in [0.05, 0.1) is 0 Å². The Balaban J connectivity index is 1.77. The summed E-state index contributed by atoms with van der Waals surface area (Å²) < 4.78 is 5.08. The number of nitrogens with one attached hydrogen (secondary N) is 1. The Hall–Kier alpha value is -3.15. The van der Waals surface area contributed by atoms with Crippen molar-refractivity contribution in [3.63, 3.8) is 0 Å². The molecule has 0 saturated carbocycles. The number of aromatic nitrogens is 1. The maximum atomic E-state index is 11.6. The van der Waals surface area contributed by atoms with E-state index in [0.29, 0.717) is 12.1 Å². The number of ether oxygens (including phenoxy) is 1. The van der Waals surface area contributed by atoms with E-state index in [9.17, 15) is 9.59 Å². The normalized spacial score (nSPS) is 10.5. The molecule has 24 heavy (non-hydrogen) atoms. The highest BCUT2D eigenvalue weighted by molar-refractivity contribution is 5.87. The molecule has 0 aliphatic rings. The molecule has 0 aliphatic carbocycles. The van der Waals surface area contributed by atoms with E-state index >= 15 is 0 Å². The topological polar surface area (TPSA) is 88.5 Å². The molecule has 1 aromatic carbocycles. The molecule has 124 valence electrons. The zero-order valence-electron chi connectivity index (χ0n) is 13.2. The van der Waals surface area contributed by atoms with Crippen LogP contribution in [0.1, 0.15) is 27.2 Å². The van der Waals surface area contributed by atoms with Crippen LogP contribution >= 0.6 is 0 Å². The van der Waals surface area contributed by atoms with Crippen LogP contribution in [0.4, 0.5) is 4.79 Å². The number of carboxylic acids is 1. The number of aromatic carboxylic acids is 1. The van der Waals surface area contributed by atoms with E-state index in [0.717, 1.165) is 11.1 Å². The number of aryl methyl sites for hydroxylation is 1. The quantitative estimate of drug-likeness (QED) is 0.852. The van der Waals surface area contributed by atoms with Gasteiger partial charge in [-0.25, -0.2) is 14.6 Å². The van der Waals surface area contributed by atoms with Crippen molar-refractivity contribution >= 4 is 18.1 Å². The van der Waals surface area contributed by atoms with Crippen LogP contribution < -0.4 is 5.32 Å². The van der Waals surface area contributed by atoms with E-state index in [4.69, 9.17) is 9.84 Å². The van der Waals surface area contributed by atoms with Crippen molar-refractivity contribution in [2.45, 2.75) is 13.5 Å². The van der Waals surface area contributed by atoms with Crippen molar-refractivity contribution in [3.05, 3.63) is 71.1 Å². The number of pyridine rings is 1. The lowest BCUT2D eigenvalue weighted by molar-refractivity contribution is 0.0689. The summed E-state index contributed by atoms with van der Waals surface area (Å²) in [5, 5.41) is 11.5. The van der Waals surface area contributed by atoms with Gasteiger partial charge in [0.2, 0.25) is 0 Å². The molecule has 1 amide bonds. The number of nitrogens with zero attached hydrogens (tertiary/aromatic N) is 1. The van der Waals surface area contributed by atoms with Crippen LogP contribution in [-0.4, -0.2) is 28.7 Å². The first-order chi connectivity index (χ1) is 11.6. The van der Waals surface area contributed by atoms with E-state index < -0.39 is 12.1 Å². The minimum Gasteiger partial charge on any atom is -0.477 e. The van der Waals surface area contributed by atoms with Gasteiger partial charge in [0.1, 0.15) is 6.61 Å². The van der Waals surface area contributed by atoms with E-state index in [1.165, 1.54) is 6.20 Å². The van der Waals surface area contributed by atoms with Crippen molar-refractivity contribution < 1.29 is 19.4 Å². The predicted octanol–water partition coefficient (Wildman–Crippen LogP) is 3.03. The third kappa shape index (κ3) is 5.24. The second-order valence-electron chi connectivity index (χ2n) is 5.08. The molecule has 6 nitrogen and oxygen atoms in total. The van der Waals surface area contributed by atoms with Crippen molar-refractivity contribution in [2.75, 3.05) is 6.54 Å². The van der Waals surface area contributed by atoms with Gasteiger partial charge in [-0.1, -0.05) is 42.5 Å². The van der Waals surface area contributed by atoms with Gasteiger partial charge < -0.3 is 15.2 Å². The second kappa shape index (κ2) is 8.47. The van der Waals surface area contributed by atoms with Crippen molar-refractivity contribution in [2.24, 2.45) is 0 Å². The van der Waals surface area contributed by atoms with E-state index in [1.807, 2.05) is 30.3 Å². The van der Waals surface area contributed by atoms with Gasteiger partial charge in [-0.05, 0) is 29.7 Å². The minimum atomic E-state index is -1.05. The highest BCUT2D eigenvalue weighted by atomic mass is 16.5. The van der Waals surface area contributed by atoms with Gasteiger partial charge in [-0.2, -0.15) is 0 Å². The Morgan fingerprint density at radius 2 is 2.04 bits per heavy atom. The van der Waals surface area contributed by atoms with Crippen LogP contribution in [0.15, 0.2) is 48.7 Å². The van der Waals surface area contributed by atoms with Gasteiger partial charge in [0, 0.05) is 12.7 Å². The van der Waals surface area contributed by atoms with Gasteiger partial charge in [-0.3, -0.25) is 0 Å². The number of carboxylic acid groups (broad SMARTS) is 1. The summed E-state index contributed by atoms with van der Waals surface area (Å²) in [4.78, 5) is 26.3. The van der Waals surface area contributed by atoms with Crippen LogP contribution in [-0.2, 0) is 11.3 Å². The van der Waals surface area contributed by atoms with E-state index in [2.05, 4.69) is 10.3 Å². The molecular weight excluding hydrogens is 308 g/mol. The molecule has 2 rings (SSSR count). The molecule has 0 bridgehead atoms. The molecule has 1 aromatic heterocycles. The summed E-state index contributed by atoms with van der Waals surface area (Å²) in [6.45, 7) is 2.20. The summed E-state index contributed by atoms with van der Waals surface area (Å²) in [5.74, 6) is -1.05. The zero-order valence-corrected chi connectivity index (χ0v) is 13.2. The standard InChI is InChI=1S/C18H18N2O4/c1-13-10-15(11-20-16(13)17(21)22)8-5-9-19-18(23)24-12-14-6-3-2-4-7-14/h2-8,10-11H,9,12H2,1H3,(H,19,23)(H,21,22). The fraction of sp³-hybridized carbons (Fsp3) is 0.167. The summed E-state index contributed by atoms with van der Waals surface area (Å²) in [5.41, 5.74) is 2.30. The Kier molecular flexibility index (Phi) is 6.08. The number of benzene rings is 1. The van der Waals surface area contributed by atoms with Crippen LogP contribution in [0.25, 0.3) is 6.08 Å². The fourth-order valence-electron chi connectivity index (χ4n) is 2.02. The van der Waals surface area contributed by atoms with Crippen molar-refractivity contribution in [3.8, 4) is 0 Å². The van der Waals surface area contributed by atoms with Crippen LogP contribution in [0, 0.1) is 6.92 Å². The molecule has 0 unspecified atom stereocenters. The van der Waals surface area contributed by atoms with Gasteiger partial charge in [0.25, 0.3) is 0 Å². The predicted molar refractivity (Wildman–Crippen MR) is 89.6 cm³/mol. The van der Waals surface area contributed by atoms with Crippen molar-refractivity contribution in [1.82, 2.24) is 10.3 Å². The summed E-state index contributed by atoms with van der Waals surface area (Å²) in [7, 11) is 0. The number of hydrogen-bond donors (Lipinski definition) is 2. The maximum Gasteiger partial charge on any atom is 0.407 e. The van der Waals surface area contributed by atoms with E-state index in [1.54, 1.807) is 25.1 Å². The van der Waals surface area contributed by atoms with E-state index in [-0.39, 0.29) is 12.3 Å². The third-order valence-corrected chi connectivity index (χ3v) is 3.19. The first kappa shape index (κ1) is 17.2. The smallest absolute Gasteiger partial charge is 0.407 e. The summed E-state index contributed by atoms with van der Waals surface area (Å²) in [6.07, 6.45) is 4.46. The molecule has 0 spiro atoms. The monoisotopic (exact) mass is 326 g/mol. The van der Waals surface area contributed by atoms with Gasteiger partial charge in [0.15, 0.2) is 5.69 Å². The SMILES string of the molecule is Cc1cc(C=CCNC(=O)OCc2ccccc2)cnc1C(=O)O. The number of rotatable bonds is 6. The highest BCUT2D eigenvalue weighted by Crippen LogP contribution is 2.09. The molecule has 2 N–H and O–H groups in total. The fourth-order valence-corrected chi connectivity index (χ4v) is 2.02. The third-order valence-electron chi connectivity index (χ3n) is 3.19. The minimum absolute atomic E-state index is 0.0368. The molecule has 0 atom stereocenters. The Morgan fingerprint density at radius 1 is 1.29 bits per heavy atom. The largest absolute Gasteiger partial charge is 0.477 e. The van der Waals surface area contributed by atoms with Gasteiger partial charge >= 0.3 is 12.1 Å². The zero-order chi connectivity index (χ0) is 17.4. The number of carbonyl (C=O) groups excluding carboxylic acids is 1. The van der Waals surface area contributed by atoms with Crippen LogP contribution in [0.3, 0.4) is 0 Å². The first-order valence-electron chi connectivity index (χ1n) is 7.37. The maximum absolute atomic E-state index is 11.6. The molecule has 2 aromatic rings. The lowest BCUT2D eigenvalue weighted by Gasteiger charge is -2.05. The molecule has 6 heteroatoms. The number of amides is 1. The molecule has 0 saturated heterocycles.